The number of rotatable bonds is 1. The number of nitrogens with one attached hydrogen (secondary N) is 1. The van der Waals surface area contributed by atoms with E-state index in [1.165, 1.54) is 0 Å². The molecule has 0 atom stereocenters. The number of aromatic amines is 1. The Balaban J connectivity index is 2.67. The smallest absolute Gasteiger partial charge is 0.133 e. The summed E-state index contributed by atoms with van der Waals surface area (Å²) in [5.74, 6) is 0.565. The molecule has 1 aromatic carbocycles. The highest BCUT2D eigenvalue weighted by Gasteiger charge is 2.00. The third-order valence-electron chi connectivity index (χ3n) is 1.70. The van der Waals surface area contributed by atoms with Gasteiger partial charge < -0.3 is 10.1 Å². The Morgan fingerprint density at radius 2 is 2.33 bits per heavy atom. The van der Waals surface area contributed by atoms with Gasteiger partial charge >= 0.3 is 0 Å². The SMILES string of the molecule is [CH]c1ccc2nc(CO)[nH]c2c1. The Morgan fingerprint density at radius 1 is 1.50 bits per heavy atom. The van der Waals surface area contributed by atoms with Crippen LogP contribution >= 0.6 is 0 Å². The maximum absolute atomic E-state index is 8.78. The molecule has 2 aromatic rings. The average molecular weight is 160 g/mol. The Hall–Kier alpha value is -1.35. The Kier molecular flexibility index (Phi) is 1.59. The zero-order valence-electron chi connectivity index (χ0n) is 6.41. The highest BCUT2D eigenvalue weighted by molar-refractivity contribution is 5.76. The van der Waals surface area contributed by atoms with Crippen molar-refractivity contribution >= 4 is 11.0 Å². The summed E-state index contributed by atoms with van der Waals surface area (Å²) in [4.78, 5) is 7.06. The fraction of sp³-hybridized carbons (Fsp3) is 0.111. The second kappa shape index (κ2) is 2.60. The predicted molar refractivity (Wildman–Crippen MR) is 45.4 cm³/mol. The molecule has 2 rings (SSSR count). The summed E-state index contributed by atoms with van der Waals surface area (Å²) in [6.45, 7) is 5.49. The Bertz CT molecular complexity index is 406. The lowest BCUT2D eigenvalue weighted by molar-refractivity contribution is 0.273. The first kappa shape index (κ1) is 7.31. The molecule has 1 aromatic heterocycles. The van der Waals surface area contributed by atoms with Crippen LogP contribution in [0.3, 0.4) is 0 Å². The van der Waals surface area contributed by atoms with Crippen LogP contribution in [0.1, 0.15) is 11.4 Å². The fourth-order valence-corrected chi connectivity index (χ4v) is 1.15. The van der Waals surface area contributed by atoms with Crippen molar-refractivity contribution in [2.24, 2.45) is 0 Å². The van der Waals surface area contributed by atoms with Crippen LogP contribution in [-0.4, -0.2) is 15.1 Å². The largest absolute Gasteiger partial charge is 0.388 e. The summed E-state index contributed by atoms with van der Waals surface area (Å²) in [5.41, 5.74) is 2.38. The molecule has 0 spiro atoms. The minimum atomic E-state index is -0.0748. The molecule has 2 radical (unpaired) electrons. The number of imidazole rings is 1. The Labute approximate surface area is 70.1 Å². The maximum Gasteiger partial charge on any atom is 0.133 e. The van der Waals surface area contributed by atoms with Crippen LogP contribution in [0.25, 0.3) is 11.0 Å². The molecule has 0 aliphatic rings. The van der Waals surface area contributed by atoms with E-state index in [0.29, 0.717) is 11.4 Å². The van der Waals surface area contributed by atoms with Gasteiger partial charge in [0.1, 0.15) is 12.4 Å². The van der Waals surface area contributed by atoms with E-state index < -0.39 is 0 Å². The first-order valence-corrected chi connectivity index (χ1v) is 3.64. The van der Waals surface area contributed by atoms with E-state index in [-0.39, 0.29) is 6.61 Å². The first-order chi connectivity index (χ1) is 5.79. The van der Waals surface area contributed by atoms with E-state index >= 15 is 0 Å². The number of aliphatic hydroxyl groups is 1. The lowest BCUT2D eigenvalue weighted by Crippen LogP contribution is -1.83. The monoisotopic (exact) mass is 160 g/mol. The summed E-state index contributed by atoms with van der Waals surface area (Å²) in [6, 6.07) is 5.39. The molecule has 0 saturated heterocycles. The average Bonchev–Trinajstić information content (AvgIpc) is 2.46. The van der Waals surface area contributed by atoms with Gasteiger partial charge in [-0.15, -0.1) is 0 Å². The lowest BCUT2D eigenvalue weighted by atomic mass is 10.2. The zero-order chi connectivity index (χ0) is 8.55. The van der Waals surface area contributed by atoms with E-state index in [2.05, 4.69) is 9.97 Å². The van der Waals surface area contributed by atoms with E-state index in [4.69, 9.17) is 12.0 Å². The zero-order valence-corrected chi connectivity index (χ0v) is 6.41. The van der Waals surface area contributed by atoms with Crippen LogP contribution in [-0.2, 0) is 6.61 Å². The van der Waals surface area contributed by atoms with Gasteiger partial charge in [0, 0.05) is 0 Å². The molecule has 3 heteroatoms. The molecule has 0 aliphatic heterocycles. The maximum atomic E-state index is 8.78. The van der Waals surface area contributed by atoms with Crippen LogP contribution in [0.5, 0.6) is 0 Å². The van der Waals surface area contributed by atoms with Crippen molar-refractivity contribution in [1.82, 2.24) is 9.97 Å². The fourth-order valence-electron chi connectivity index (χ4n) is 1.15. The lowest BCUT2D eigenvalue weighted by Gasteiger charge is -1.88. The van der Waals surface area contributed by atoms with Gasteiger partial charge in [-0.05, 0) is 24.6 Å². The van der Waals surface area contributed by atoms with E-state index in [1.807, 2.05) is 6.07 Å². The van der Waals surface area contributed by atoms with E-state index in [0.717, 1.165) is 11.0 Å². The van der Waals surface area contributed by atoms with Crippen molar-refractivity contribution in [3.8, 4) is 0 Å². The van der Waals surface area contributed by atoms with Gasteiger partial charge in [-0.25, -0.2) is 4.98 Å². The molecule has 1 heterocycles. The van der Waals surface area contributed by atoms with Crippen molar-refractivity contribution in [1.29, 1.82) is 0 Å². The molecule has 0 bridgehead atoms. The van der Waals surface area contributed by atoms with Crippen LogP contribution < -0.4 is 0 Å². The second-order valence-electron chi connectivity index (χ2n) is 2.62. The van der Waals surface area contributed by atoms with Crippen molar-refractivity contribution in [3.63, 3.8) is 0 Å². The molecular weight excluding hydrogens is 152 g/mol. The van der Waals surface area contributed by atoms with Crippen molar-refractivity contribution in [2.45, 2.75) is 6.61 Å². The molecular formula is C9H8N2O. The topological polar surface area (TPSA) is 48.9 Å². The van der Waals surface area contributed by atoms with Gasteiger partial charge in [0.15, 0.2) is 0 Å². The molecule has 0 unspecified atom stereocenters. The van der Waals surface area contributed by atoms with Gasteiger partial charge in [0.05, 0.1) is 11.0 Å². The molecule has 3 nitrogen and oxygen atoms in total. The summed E-state index contributed by atoms with van der Waals surface area (Å²) in [6.07, 6.45) is 0. The number of hydrogen-bond donors (Lipinski definition) is 2. The third kappa shape index (κ3) is 1.08. The third-order valence-corrected chi connectivity index (χ3v) is 1.70. The number of fused-ring (bicyclic) bond motifs is 1. The standard InChI is InChI=1S/C9H8N2O/c1-6-2-3-7-8(4-6)11-9(5-12)10-7/h1-4,12H,5H2,(H,10,11). The highest BCUT2D eigenvalue weighted by atomic mass is 16.3. The van der Waals surface area contributed by atoms with E-state index in [9.17, 15) is 0 Å². The first-order valence-electron chi connectivity index (χ1n) is 3.64. The van der Waals surface area contributed by atoms with Gasteiger partial charge in [-0.3, -0.25) is 0 Å². The van der Waals surface area contributed by atoms with Crippen molar-refractivity contribution in [3.05, 3.63) is 36.5 Å². The minimum Gasteiger partial charge on any atom is -0.388 e. The summed E-state index contributed by atoms with van der Waals surface area (Å²) >= 11 is 0. The molecule has 0 saturated carbocycles. The molecule has 2 N–H and O–H groups in total. The molecule has 0 fully saturated rings. The normalized spacial score (nSPS) is 10.8. The summed E-state index contributed by atoms with van der Waals surface area (Å²) in [5, 5.41) is 8.78. The van der Waals surface area contributed by atoms with Gasteiger partial charge in [0.25, 0.3) is 0 Å². The number of aliphatic hydroxyl groups excluding tert-OH is 1. The number of nitrogens with zero attached hydrogens (tertiary/aromatic N) is 1. The summed E-state index contributed by atoms with van der Waals surface area (Å²) in [7, 11) is 0. The van der Waals surface area contributed by atoms with Gasteiger partial charge in [-0.2, -0.15) is 0 Å². The van der Waals surface area contributed by atoms with Crippen molar-refractivity contribution in [2.75, 3.05) is 0 Å². The molecule has 0 aliphatic carbocycles. The highest BCUT2D eigenvalue weighted by Crippen LogP contribution is 2.12. The van der Waals surface area contributed by atoms with Crippen LogP contribution in [0.4, 0.5) is 0 Å². The molecule has 12 heavy (non-hydrogen) atoms. The minimum absolute atomic E-state index is 0.0748. The number of benzene rings is 1. The quantitative estimate of drug-likeness (QED) is 0.656. The Morgan fingerprint density at radius 3 is 3.08 bits per heavy atom. The van der Waals surface area contributed by atoms with Crippen LogP contribution in [0.15, 0.2) is 18.2 Å². The number of H-pyrrole nitrogens is 1. The second-order valence-corrected chi connectivity index (χ2v) is 2.62. The van der Waals surface area contributed by atoms with E-state index in [1.54, 1.807) is 12.1 Å². The van der Waals surface area contributed by atoms with Crippen molar-refractivity contribution < 1.29 is 5.11 Å². The number of aromatic nitrogens is 2. The van der Waals surface area contributed by atoms with Gasteiger partial charge in [-0.1, -0.05) is 6.07 Å². The predicted octanol–water partition coefficient (Wildman–Crippen LogP) is 1.11. The molecule has 0 amide bonds. The van der Waals surface area contributed by atoms with Crippen LogP contribution in [0, 0.1) is 6.92 Å². The summed E-state index contributed by atoms with van der Waals surface area (Å²) < 4.78 is 0. The molecule has 60 valence electrons. The van der Waals surface area contributed by atoms with Gasteiger partial charge in [0.2, 0.25) is 0 Å². The van der Waals surface area contributed by atoms with Crippen LogP contribution in [0.2, 0.25) is 0 Å². The number of hydrogen-bond acceptors (Lipinski definition) is 2.